The van der Waals surface area contributed by atoms with E-state index >= 15 is 0 Å². The predicted octanol–water partition coefficient (Wildman–Crippen LogP) is 1.05. The Hall–Kier alpha value is -2.42. The van der Waals surface area contributed by atoms with E-state index in [2.05, 4.69) is 10.4 Å². The summed E-state index contributed by atoms with van der Waals surface area (Å²) in [6, 6.07) is 1.71. The maximum absolute atomic E-state index is 12.8. The Morgan fingerprint density at radius 3 is 2.64 bits per heavy atom. The van der Waals surface area contributed by atoms with Crippen LogP contribution < -0.4 is 16.6 Å². The van der Waals surface area contributed by atoms with Crippen LogP contribution in [0.1, 0.15) is 27.7 Å². The van der Waals surface area contributed by atoms with E-state index < -0.39 is 5.69 Å². The molecule has 1 amide bonds. The highest BCUT2D eigenvalue weighted by Crippen LogP contribution is 2.17. The number of fused-ring (bicyclic) bond motifs is 3. The molecule has 0 aliphatic heterocycles. The monoisotopic (exact) mass is 363 g/mol. The number of nitrogens with zero attached hydrogens (tertiary/aromatic N) is 4. The van der Waals surface area contributed by atoms with Gasteiger partial charge in [-0.1, -0.05) is 13.8 Å². The number of thiophene rings is 1. The molecule has 134 valence electrons. The summed E-state index contributed by atoms with van der Waals surface area (Å²) in [5, 5.41) is 8.79. The minimum atomic E-state index is -0.421. The van der Waals surface area contributed by atoms with Gasteiger partial charge in [0.1, 0.15) is 11.2 Å². The summed E-state index contributed by atoms with van der Waals surface area (Å²) in [4.78, 5) is 37.5. The number of carbonyl (C=O) groups excluding carboxylic acids is 1. The van der Waals surface area contributed by atoms with Crippen LogP contribution in [-0.2, 0) is 17.9 Å². The van der Waals surface area contributed by atoms with Crippen molar-refractivity contribution in [3.8, 4) is 0 Å². The summed E-state index contributed by atoms with van der Waals surface area (Å²) in [5.41, 5.74) is -0.0460. The van der Waals surface area contributed by atoms with Crippen LogP contribution in [0.4, 0.5) is 0 Å². The first kappa shape index (κ1) is 17.4. The molecule has 0 radical (unpaired) electrons. The van der Waals surface area contributed by atoms with Crippen LogP contribution in [0.5, 0.6) is 0 Å². The normalized spacial score (nSPS) is 11.9. The largest absolute Gasteiger partial charge is 0.352 e. The van der Waals surface area contributed by atoms with Gasteiger partial charge in [-0.05, 0) is 31.2 Å². The smallest absolute Gasteiger partial charge is 0.352 e. The number of carbonyl (C=O) groups is 1. The van der Waals surface area contributed by atoms with E-state index in [-0.39, 0.29) is 35.7 Å². The quantitative estimate of drug-likeness (QED) is 0.734. The average Bonchev–Trinajstić information content (AvgIpc) is 3.08. The number of amides is 1. The number of hydrogen-bond acceptors (Lipinski definition) is 5. The second-order valence-electron chi connectivity index (χ2n) is 6.74. The SMILES string of the molecule is CC(C)Cn1c(=O)c2sccc2n2c(=O)n(CC(=O)NC(C)C)nc12. The van der Waals surface area contributed by atoms with E-state index in [0.717, 1.165) is 4.68 Å². The van der Waals surface area contributed by atoms with Gasteiger partial charge in [-0.3, -0.25) is 14.2 Å². The molecule has 25 heavy (non-hydrogen) atoms. The van der Waals surface area contributed by atoms with Crippen LogP contribution in [0.15, 0.2) is 21.0 Å². The van der Waals surface area contributed by atoms with Crippen LogP contribution in [0.25, 0.3) is 16.0 Å². The Morgan fingerprint density at radius 1 is 1.28 bits per heavy atom. The molecule has 0 spiro atoms. The molecular formula is C16H21N5O3S. The second-order valence-corrected chi connectivity index (χ2v) is 7.66. The minimum Gasteiger partial charge on any atom is -0.352 e. The van der Waals surface area contributed by atoms with Crippen LogP contribution >= 0.6 is 11.3 Å². The Labute approximate surface area is 147 Å². The first-order valence-corrected chi connectivity index (χ1v) is 9.06. The molecule has 0 aliphatic rings. The zero-order valence-electron chi connectivity index (χ0n) is 14.6. The van der Waals surface area contributed by atoms with Gasteiger partial charge >= 0.3 is 5.69 Å². The highest BCUT2D eigenvalue weighted by atomic mass is 32.1. The third-order valence-corrected chi connectivity index (χ3v) is 4.57. The van der Waals surface area contributed by atoms with Crippen LogP contribution in [0, 0.1) is 5.92 Å². The van der Waals surface area contributed by atoms with Crippen molar-refractivity contribution in [3.63, 3.8) is 0 Å². The van der Waals surface area contributed by atoms with Crippen molar-refractivity contribution in [2.45, 2.75) is 46.8 Å². The van der Waals surface area contributed by atoms with E-state index in [1.54, 1.807) is 11.4 Å². The molecule has 3 aromatic rings. The van der Waals surface area contributed by atoms with Gasteiger partial charge in [0.15, 0.2) is 0 Å². The van der Waals surface area contributed by atoms with Gasteiger partial charge in [-0.2, -0.15) is 0 Å². The summed E-state index contributed by atoms with van der Waals surface area (Å²) in [6.07, 6.45) is 0. The molecule has 3 heterocycles. The molecule has 0 saturated heterocycles. The molecule has 8 nitrogen and oxygen atoms in total. The molecule has 0 unspecified atom stereocenters. The number of hydrogen-bond donors (Lipinski definition) is 1. The van der Waals surface area contributed by atoms with Crippen molar-refractivity contribution < 1.29 is 4.79 Å². The van der Waals surface area contributed by atoms with Crippen molar-refractivity contribution >= 4 is 33.2 Å². The van der Waals surface area contributed by atoms with Crippen molar-refractivity contribution in [1.82, 2.24) is 24.1 Å². The molecule has 0 aliphatic carbocycles. The number of nitrogens with one attached hydrogen (secondary N) is 1. The van der Waals surface area contributed by atoms with Crippen LogP contribution in [0.3, 0.4) is 0 Å². The van der Waals surface area contributed by atoms with Gasteiger partial charge in [0.25, 0.3) is 5.56 Å². The van der Waals surface area contributed by atoms with Gasteiger partial charge in [-0.15, -0.1) is 16.4 Å². The fourth-order valence-electron chi connectivity index (χ4n) is 2.77. The Balaban J connectivity index is 2.23. The lowest BCUT2D eigenvalue weighted by molar-refractivity contribution is -0.122. The van der Waals surface area contributed by atoms with Gasteiger partial charge in [0.05, 0.1) is 5.52 Å². The molecular weight excluding hydrogens is 342 g/mol. The molecule has 0 fully saturated rings. The maximum atomic E-state index is 12.8. The molecule has 0 saturated carbocycles. The topological polar surface area (TPSA) is 90.4 Å². The lowest BCUT2D eigenvalue weighted by Crippen LogP contribution is -2.36. The Kier molecular flexibility index (Phi) is 4.51. The summed E-state index contributed by atoms with van der Waals surface area (Å²) >= 11 is 1.30. The van der Waals surface area contributed by atoms with Crippen LogP contribution in [-0.4, -0.2) is 30.7 Å². The molecule has 3 aromatic heterocycles. The summed E-state index contributed by atoms with van der Waals surface area (Å²) in [7, 11) is 0. The predicted molar refractivity (Wildman–Crippen MR) is 97.2 cm³/mol. The molecule has 0 atom stereocenters. The van der Waals surface area contributed by atoms with Crippen LogP contribution in [0.2, 0.25) is 0 Å². The molecule has 0 aromatic carbocycles. The summed E-state index contributed by atoms with van der Waals surface area (Å²) in [5.74, 6) is 0.190. The zero-order chi connectivity index (χ0) is 18.3. The van der Waals surface area contributed by atoms with Gasteiger partial charge in [0.2, 0.25) is 11.7 Å². The van der Waals surface area contributed by atoms with E-state index in [9.17, 15) is 14.4 Å². The first-order valence-electron chi connectivity index (χ1n) is 8.18. The Morgan fingerprint density at radius 2 is 2.00 bits per heavy atom. The highest BCUT2D eigenvalue weighted by molar-refractivity contribution is 7.17. The van der Waals surface area contributed by atoms with E-state index in [1.165, 1.54) is 20.3 Å². The van der Waals surface area contributed by atoms with E-state index in [4.69, 9.17) is 0 Å². The van der Waals surface area contributed by atoms with Gasteiger partial charge in [0, 0.05) is 12.6 Å². The van der Waals surface area contributed by atoms with Crippen molar-refractivity contribution in [2.75, 3.05) is 0 Å². The molecule has 3 rings (SSSR count). The average molecular weight is 363 g/mol. The fourth-order valence-corrected chi connectivity index (χ4v) is 3.59. The van der Waals surface area contributed by atoms with Crippen molar-refractivity contribution in [2.24, 2.45) is 5.92 Å². The van der Waals surface area contributed by atoms with Gasteiger partial charge < -0.3 is 5.32 Å². The fraction of sp³-hybridized carbons (Fsp3) is 0.500. The third kappa shape index (κ3) is 3.11. The minimum absolute atomic E-state index is 0.0251. The highest BCUT2D eigenvalue weighted by Gasteiger charge is 2.19. The zero-order valence-corrected chi connectivity index (χ0v) is 15.5. The summed E-state index contributed by atoms with van der Waals surface area (Å²) in [6.45, 7) is 7.95. The lowest BCUT2D eigenvalue weighted by atomic mass is 10.2. The maximum Gasteiger partial charge on any atom is 0.352 e. The molecule has 1 N–H and O–H groups in total. The molecule has 9 heteroatoms. The van der Waals surface area contributed by atoms with E-state index in [1.807, 2.05) is 27.7 Å². The van der Waals surface area contributed by atoms with E-state index in [0.29, 0.717) is 16.8 Å². The van der Waals surface area contributed by atoms with Crippen molar-refractivity contribution in [3.05, 3.63) is 32.3 Å². The lowest BCUT2D eigenvalue weighted by Gasteiger charge is -2.09. The number of aromatic nitrogens is 4. The standard InChI is InChI=1S/C16H21N5O3S/c1-9(2)7-19-14(23)13-11(5-6-25-13)21-15(19)18-20(16(21)24)8-12(22)17-10(3)4/h5-6,9-10H,7-8H2,1-4H3,(H,17,22). The second kappa shape index (κ2) is 6.47. The first-order chi connectivity index (χ1) is 11.8. The third-order valence-electron chi connectivity index (χ3n) is 3.68. The van der Waals surface area contributed by atoms with Gasteiger partial charge in [-0.25, -0.2) is 13.9 Å². The summed E-state index contributed by atoms with van der Waals surface area (Å²) < 4.78 is 4.56. The molecule has 0 bridgehead atoms. The Bertz CT molecular complexity index is 1050. The number of rotatable bonds is 5. The van der Waals surface area contributed by atoms with Crippen molar-refractivity contribution in [1.29, 1.82) is 0 Å².